The van der Waals surface area contributed by atoms with E-state index in [1.165, 1.54) is 5.56 Å². The number of hydrogen-bond acceptors (Lipinski definition) is 5. The molecule has 2 amide bonds. The van der Waals surface area contributed by atoms with Crippen molar-refractivity contribution in [2.24, 2.45) is 0 Å². The van der Waals surface area contributed by atoms with Crippen LogP contribution in [0.3, 0.4) is 0 Å². The number of amides is 2. The normalized spacial score (nSPS) is 10.8. The van der Waals surface area contributed by atoms with Gasteiger partial charge >= 0.3 is 0 Å². The maximum atomic E-state index is 12.0. The van der Waals surface area contributed by atoms with Crippen molar-refractivity contribution in [1.82, 2.24) is 16.2 Å². The second-order valence-corrected chi connectivity index (χ2v) is 9.39. The SMILES string of the molecule is CC(C)(C)c1ccc(OCC(=O)NC(=S)NNC(=O)CCCOc2ccc(Cl)cc2Cl)cc1. The first-order chi connectivity index (χ1) is 15.5. The van der Waals surface area contributed by atoms with E-state index in [0.717, 1.165) is 0 Å². The topological polar surface area (TPSA) is 88.7 Å². The minimum Gasteiger partial charge on any atom is -0.492 e. The van der Waals surface area contributed by atoms with Gasteiger partial charge in [-0.05, 0) is 59.9 Å². The van der Waals surface area contributed by atoms with Crippen molar-refractivity contribution >= 4 is 52.3 Å². The molecule has 33 heavy (non-hydrogen) atoms. The number of nitrogens with one attached hydrogen (secondary N) is 3. The summed E-state index contributed by atoms with van der Waals surface area (Å²) in [5, 5.41) is 3.31. The summed E-state index contributed by atoms with van der Waals surface area (Å²) in [4.78, 5) is 23.9. The van der Waals surface area contributed by atoms with Crippen molar-refractivity contribution < 1.29 is 19.1 Å². The van der Waals surface area contributed by atoms with Gasteiger partial charge in [-0.1, -0.05) is 56.1 Å². The Bertz CT molecular complexity index is 979. The molecule has 0 unspecified atom stereocenters. The fraction of sp³-hybridized carbons (Fsp3) is 0.348. The van der Waals surface area contributed by atoms with Crippen LogP contribution in [0.1, 0.15) is 39.2 Å². The Labute approximate surface area is 209 Å². The molecule has 7 nitrogen and oxygen atoms in total. The van der Waals surface area contributed by atoms with Crippen molar-refractivity contribution in [3.63, 3.8) is 0 Å². The Kier molecular flexibility index (Phi) is 10.2. The zero-order valence-corrected chi connectivity index (χ0v) is 21.0. The highest BCUT2D eigenvalue weighted by molar-refractivity contribution is 7.80. The quantitative estimate of drug-likeness (QED) is 0.273. The average Bonchev–Trinajstić information content (AvgIpc) is 2.74. The van der Waals surface area contributed by atoms with Crippen LogP contribution in [0, 0.1) is 0 Å². The summed E-state index contributed by atoms with van der Waals surface area (Å²) in [5.74, 6) is 0.311. The van der Waals surface area contributed by atoms with Gasteiger partial charge in [0.2, 0.25) is 5.91 Å². The van der Waals surface area contributed by atoms with Crippen molar-refractivity contribution in [3.05, 3.63) is 58.1 Å². The summed E-state index contributed by atoms with van der Waals surface area (Å²) in [6.45, 7) is 6.44. The van der Waals surface area contributed by atoms with Crippen molar-refractivity contribution in [3.8, 4) is 11.5 Å². The van der Waals surface area contributed by atoms with Gasteiger partial charge in [0.25, 0.3) is 5.91 Å². The second kappa shape index (κ2) is 12.6. The number of carbonyl (C=O) groups excluding carboxylic acids is 2. The van der Waals surface area contributed by atoms with Crippen LogP contribution in [-0.2, 0) is 15.0 Å². The van der Waals surface area contributed by atoms with Crippen LogP contribution in [0.2, 0.25) is 10.0 Å². The second-order valence-electron chi connectivity index (χ2n) is 8.14. The van der Waals surface area contributed by atoms with E-state index in [-0.39, 0.29) is 29.5 Å². The molecule has 0 bridgehead atoms. The summed E-state index contributed by atoms with van der Waals surface area (Å²) in [7, 11) is 0. The van der Waals surface area contributed by atoms with Gasteiger partial charge in [-0.3, -0.25) is 25.8 Å². The zero-order chi connectivity index (χ0) is 24.4. The molecule has 0 spiro atoms. The van der Waals surface area contributed by atoms with E-state index in [9.17, 15) is 9.59 Å². The molecule has 0 aromatic heterocycles. The molecule has 0 radical (unpaired) electrons. The number of hydrogen-bond donors (Lipinski definition) is 3. The molecule has 10 heteroatoms. The first-order valence-electron chi connectivity index (χ1n) is 10.2. The molecule has 0 heterocycles. The highest BCUT2D eigenvalue weighted by atomic mass is 35.5. The Morgan fingerprint density at radius 1 is 0.970 bits per heavy atom. The lowest BCUT2D eigenvalue weighted by Crippen LogP contribution is -2.49. The van der Waals surface area contributed by atoms with Crippen molar-refractivity contribution in [2.75, 3.05) is 13.2 Å². The Morgan fingerprint density at radius 3 is 2.30 bits per heavy atom. The molecule has 0 aliphatic carbocycles. The molecule has 2 aromatic rings. The van der Waals surface area contributed by atoms with Crippen molar-refractivity contribution in [2.45, 2.75) is 39.0 Å². The van der Waals surface area contributed by atoms with Gasteiger partial charge in [0.05, 0.1) is 11.6 Å². The summed E-state index contributed by atoms with van der Waals surface area (Å²) < 4.78 is 11.0. The van der Waals surface area contributed by atoms with Crippen molar-refractivity contribution in [1.29, 1.82) is 0 Å². The van der Waals surface area contributed by atoms with Crippen LogP contribution in [0.15, 0.2) is 42.5 Å². The number of halogens is 2. The molecular weight excluding hydrogens is 485 g/mol. The van der Waals surface area contributed by atoms with Gasteiger partial charge in [-0.15, -0.1) is 0 Å². The molecule has 0 atom stereocenters. The standard InChI is InChI=1S/C23H27Cl2N3O4S/c1-23(2,3)15-6-9-17(10-7-15)32-14-21(30)26-22(33)28-27-20(29)5-4-12-31-19-11-8-16(24)13-18(19)25/h6-11,13H,4-5,12,14H2,1-3H3,(H,27,29)(H2,26,28,30,33). The predicted molar refractivity (Wildman–Crippen MR) is 134 cm³/mol. The average molecular weight is 512 g/mol. The first kappa shape index (κ1) is 26.7. The molecule has 0 aliphatic heterocycles. The van der Waals surface area contributed by atoms with Crippen LogP contribution in [0.5, 0.6) is 11.5 Å². The van der Waals surface area contributed by atoms with Gasteiger partial charge < -0.3 is 9.47 Å². The number of carbonyl (C=O) groups is 2. The lowest BCUT2D eigenvalue weighted by atomic mass is 9.87. The highest BCUT2D eigenvalue weighted by Gasteiger charge is 2.13. The molecule has 0 saturated heterocycles. The van der Waals surface area contributed by atoms with E-state index < -0.39 is 5.91 Å². The van der Waals surface area contributed by atoms with E-state index in [0.29, 0.717) is 34.6 Å². The number of hydrazine groups is 1. The van der Waals surface area contributed by atoms with E-state index in [1.807, 2.05) is 24.3 Å². The van der Waals surface area contributed by atoms with Gasteiger partial charge in [0.15, 0.2) is 11.7 Å². The Hall–Kier alpha value is -2.55. The molecular formula is C23H27Cl2N3O4S. The summed E-state index contributed by atoms with van der Waals surface area (Å²) in [6.07, 6.45) is 0.635. The number of ether oxygens (including phenoxy) is 2. The van der Waals surface area contributed by atoms with Gasteiger partial charge in [0.1, 0.15) is 11.5 Å². The minimum atomic E-state index is -0.449. The van der Waals surface area contributed by atoms with Gasteiger partial charge in [0, 0.05) is 11.4 Å². The van der Waals surface area contributed by atoms with E-state index >= 15 is 0 Å². The highest BCUT2D eigenvalue weighted by Crippen LogP contribution is 2.27. The lowest BCUT2D eigenvalue weighted by molar-refractivity contribution is -0.123. The predicted octanol–water partition coefficient (Wildman–Crippen LogP) is 4.55. The van der Waals surface area contributed by atoms with Crippen LogP contribution >= 0.6 is 35.4 Å². The lowest BCUT2D eigenvalue weighted by Gasteiger charge is -2.19. The Morgan fingerprint density at radius 2 is 1.67 bits per heavy atom. The van der Waals surface area contributed by atoms with Crippen LogP contribution in [0.4, 0.5) is 0 Å². The number of benzene rings is 2. The molecule has 0 fully saturated rings. The largest absolute Gasteiger partial charge is 0.492 e. The molecule has 3 N–H and O–H groups in total. The molecule has 2 aromatic carbocycles. The molecule has 2 rings (SSSR count). The van der Waals surface area contributed by atoms with Crippen LogP contribution in [-0.4, -0.2) is 30.1 Å². The fourth-order valence-electron chi connectivity index (χ4n) is 2.59. The monoisotopic (exact) mass is 511 g/mol. The summed E-state index contributed by atoms with van der Waals surface area (Å²) >= 11 is 16.9. The maximum Gasteiger partial charge on any atom is 0.264 e. The fourth-order valence-corrected chi connectivity index (χ4v) is 3.22. The zero-order valence-electron chi connectivity index (χ0n) is 18.7. The minimum absolute atomic E-state index is 0.0373. The van der Waals surface area contributed by atoms with Gasteiger partial charge in [-0.25, -0.2) is 0 Å². The summed E-state index contributed by atoms with van der Waals surface area (Å²) in [5.41, 5.74) is 6.10. The summed E-state index contributed by atoms with van der Waals surface area (Å²) in [6, 6.07) is 12.5. The number of rotatable bonds is 8. The van der Waals surface area contributed by atoms with E-state index in [4.69, 9.17) is 44.9 Å². The molecule has 0 aliphatic rings. The van der Waals surface area contributed by atoms with Gasteiger partial charge in [-0.2, -0.15) is 0 Å². The Balaban J connectivity index is 1.60. The first-order valence-corrected chi connectivity index (χ1v) is 11.4. The molecule has 0 saturated carbocycles. The smallest absolute Gasteiger partial charge is 0.264 e. The van der Waals surface area contributed by atoms with Crippen LogP contribution in [0.25, 0.3) is 0 Å². The van der Waals surface area contributed by atoms with Crippen LogP contribution < -0.4 is 25.6 Å². The third kappa shape index (κ3) is 9.86. The molecule has 178 valence electrons. The van der Waals surface area contributed by atoms with E-state index in [1.54, 1.807) is 18.2 Å². The third-order valence-electron chi connectivity index (χ3n) is 4.36. The third-order valence-corrected chi connectivity index (χ3v) is 5.09. The number of thiocarbonyl (C=S) groups is 1. The maximum absolute atomic E-state index is 12.0. The van der Waals surface area contributed by atoms with E-state index in [2.05, 4.69) is 36.9 Å².